The van der Waals surface area contributed by atoms with Gasteiger partial charge in [-0.25, -0.2) is 0 Å². The highest BCUT2D eigenvalue weighted by atomic mass is 79.9. The number of ether oxygens (including phenoxy) is 2. The molecule has 0 aliphatic heterocycles. The number of carbonyl (C=O) groups excluding carboxylic acids is 2. The molecule has 0 heterocycles. The van der Waals surface area contributed by atoms with Crippen LogP contribution < -0.4 is 20.3 Å². The number of hydrogen-bond donors (Lipinski definition) is 2. The van der Waals surface area contributed by atoms with Crippen LogP contribution in [0.15, 0.2) is 49.8 Å². The van der Waals surface area contributed by atoms with Crippen LogP contribution >= 0.6 is 47.8 Å². The van der Waals surface area contributed by atoms with Crippen molar-refractivity contribution in [2.45, 2.75) is 19.8 Å². The minimum atomic E-state index is -0.491. The summed E-state index contributed by atoms with van der Waals surface area (Å²) in [7, 11) is 0. The molecule has 6 nitrogen and oxygen atoms in total. The zero-order valence-electron chi connectivity index (χ0n) is 15.2. The largest absolute Gasteiger partial charge is 0.483 e. The van der Waals surface area contributed by atoms with Crippen molar-refractivity contribution in [1.82, 2.24) is 10.9 Å². The van der Waals surface area contributed by atoms with Gasteiger partial charge in [0.05, 0.1) is 4.47 Å². The smallest absolute Gasteiger partial charge is 0.276 e. The van der Waals surface area contributed by atoms with Gasteiger partial charge in [0, 0.05) is 8.95 Å². The number of amides is 2. The second-order valence-electron chi connectivity index (χ2n) is 6.09. The van der Waals surface area contributed by atoms with Crippen molar-refractivity contribution < 1.29 is 19.1 Å². The normalized spacial score (nSPS) is 10.5. The number of hydrogen-bond acceptors (Lipinski definition) is 4. The lowest BCUT2D eigenvalue weighted by molar-refractivity contribution is -0.131. The number of hydrazine groups is 1. The highest BCUT2D eigenvalue weighted by Crippen LogP contribution is 2.29. The molecule has 0 spiro atoms. The SMILES string of the molecule is CC(C)c1cc(Br)ccc1OCC(=O)NNC(=O)COc1ccc(Br)cc1Br. The Kier molecular flexibility index (Phi) is 8.78. The van der Waals surface area contributed by atoms with Crippen LogP contribution in [0.4, 0.5) is 0 Å². The Labute approximate surface area is 188 Å². The van der Waals surface area contributed by atoms with Gasteiger partial charge in [0.1, 0.15) is 11.5 Å². The summed E-state index contributed by atoms with van der Waals surface area (Å²) in [4.78, 5) is 23.8. The number of benzene rings is 2. The monoisotopic (exact) mass is 576 g/mol. The highest BCUT2D eigenvalue weighted by molar-refractivity contribution is 9.11. The molecular formula is C19H19Br3N2O4. The molecule has 0 aromatic heterocycles. The topological polar surface area (TPSA) is 76.7 Å². The Morgan fingerprint density at radius 3 is 1.89 bits per heavy atom. The second kappa shape index (κ2) is 10.8. The fourth-order valence-electron chi connectivity index (χ4n) is 2.19. The van der Waals surface area contributed by atoms with Crippen molar-refractivity contribution in [3.05, 3.63) is 55.4 Å². The molecule has 2 rings (SSSR count). The summed E-state index contributed by atoms with van der Waals surface area (Å²) in [5.74, 6) is 0.420. The molecule has 28 heavy (non-hydrogen) atoms. The van der Waals surface area contributed by atoms with Crippen molar-refractivity contribution in [2.24, 2.45) is 0 Å². The van der Waals surface area contributed by atoms with Gasteiger partial charge in [-0.3, -0.25) is 20.4 Å². The van der Waals surface area contributed by atoms with Crippen molar-refractivity contribution in [2.75, 3.05) is 13.2 Å². The van der Waals surface area contributed by atoms with E-state index in [0.29, 0.717) is 16.0 Å². The molecule has 0 atom stereocenters. The molecule has 0 saturated heterocycles. The fraction of sp³-hybridized carbons (Fsp3) is 0.263. The van der Waals surface area contributed by atoms with Gasteiger partial charge in [-0.15, -0.1) is 0 Å². The van der Waals surface area contributed by atoms with E-state index in [2.05, 4.69) is 58.6 Å². The third-order valence-corrected chi connectivity index (χ3v) is 5.15. The van der Waals surface area contributed by atoms with Crippen molar-refractivity contribution in [1.29, 1.82) is 0 Å². The lowest BCUT2D eigenvalue weighted by atomic mass is 10.0. The Balaban J connectivity index is 1.77. The minimum absolute atomic E-state index is 0.221. The zero-order chi connectivity index (χ0) is 20.7. The number of rotatable bonds is 7. The van der Waals surface area contributed by atoms with E-state index in [1.807, 2.05) is 26.0 Å². The van der Waals surface area contributed by atoms with E-state index in [0.717, 1.165) is 14.5 Å². The molecular weight excluding hydrogens is 560 g/mol. The van der Waals surface area contributed by atoms with Gasteiger partial charge >= 0.3 is 0 Å². The maximum absolute atomic E-state index is 11.9. The summed E-state index contributed by atoms with van der Waals surface area (Å²) in [6.07, 6.45) is 0. The standard InChI is InChI=1S/C19H19Br3N2O4/c1-11(2)14-7-12(20)3-5-16(14)27-9-18(25)23-24-19(26)10-28-17-6-4-13(21)8-15(17)22/h3-8,11H,9-10H2,1-2H3,(H,23,25)(H,24,26). The van der Waals surface area contributed by atoms with Crippen LogP contribution in [-0.4, -0.2) is 25.0 Å². The predicted molar refractivity (Wildman–Crippen MR) is 117 cm³/mol. The molecule has 0 saturated carbocycles. The lowest BCUT2D eigenvalue weighted by Gasteiger charge is -2.14. The number of carbonyl (C=O) groups is 2. The van der Waals surface area contributed by atoms with Crippen molar-refractivity contribution in [3.63, 3.8) is 0 Å². The Hall–Kier alpha value is -1.58. The van der Waals surface area contributed by atoms with Crippen LogP contribution in [0.2, 0.25) is 0 Å². The summed E-state index contributed by atoms with van der Waals surface area (Å²) >= 11 is 10.1. The molecule has 2 aromatic carbocycles. The molecule has 0 bridgehead atoms. The quantitative estimate of drug-likeness (QED) is 0.467. The van der Waals surface area contributed by atoms with E-state index >= 15 is 0 Å². The molecule has 0 fully saturated rings. The third kappa shape index (κ3) is 7.10. The molecule has 2 N–H and O–H groups in total. The molecule has 0 radical (unpaired) electrons. The van der Waals surface area contributed by atoms with Crippen molar-refractivity contribution in [3.8, 4) is 11.5 Å². The first-order valence-electron chi connectivity index (χ1n) is 8.34. The van der Waals surface area contributed by atoms with Gasteiger partial charge in [-0.1, -0.05) is 45.7 Å². The summed E-state index contributed by atoms with van der Waals surface area (Å²) in [5, 5.41) is 0. The van der Waals surface area contributed by atoms with Crippen LogP contribution in [0.3, 0.4) is 0 Å². The number of nitrogens with one attached hydrogen (secondary N) is 2. The summed E-state index contributed by atoms with van der Waals surface area (Å²) in [5.41, 5.74) is 5.58. The molecule has 9 heteroatoms. The van der Waals surface area contributed by atoms with Gasteiger partial charge in [0.15, 0.2) is 13.2 Å². The average Bonchev–Trinajstić information content (AvgIpc) is 2.64. The van der Waals surface area contributed by atoms with Crippen LogP contribution in [0, 0.1) is 0 Å². The lowest BCUT2D eigenvalue weighted by Crippen LogP contribution is -2.45. The average molecular weight is 579 g/mol. The van der Waals surface area contributed by atoms with Crippen LogP contribution in [0.25, 0.3) is 0 Å². The second-order valence-corrected chi connectivity index (χ2v) is 8.77. The maximum atomic E-state index is 11.9. The first kappa shape index (κ1) is 22.7. The molecule has 0 unspecified atom stereocenters. The minimum Gasteiger partial charge on any atom is -0.483 e. The van der Waals surface area contributed by atoms with Gasteiger partial charge < -0.3 is 9.47 Å². The first-order chi connectivity index (χ1) is 13.3. The Bertz CT molecular complexity index is 859. The maximum Gasteiger partial charge on any atom is 0.276 e. The molecule has 2 amide bonds. The summed E-state index contributed by atoms with van der Waals surface area (Å²) in [6, 6.07) is 10.9. The van der Waals surface area contributed by atoms with E-state index in [1.165, 1.54) is 0 Å². The third-order valence-electron chi connectivity index (χ3n) is 3.55. The molecule has 0 aliphatic carbocycles. The predicted octanol–water partition coefficient (Wildman–Crippen LogP) is 4.70. The summed E-state index contributed by atoms with van der Waals surface area (Å²) < 4.78 is 13.5. The Morgan fingerprint density at radius 1 is 0.857 bits per heavy atom. The fourth-order valence-corrected chi connectivity index (χ4v) is 3.73. The van der Waals surface area contributed by atoms with E-state index < -0.39 is 11.8 Å². The van der Waals surface area contributed by atoms with Crippen LogP contribution in [0.1, 0.15) is 25.3 Å². The highest BCUT2D eigenvalue weighted by Gasteiger charge is 2.12. The van der Waals surface area contributed by atoms with Gasteiger partial charge in [0.2, 0.25) is 0 Å². The molecule has 0 aliphatic rings. The van der Waals surface area contributed by atoms with Crippen molar-refractivity contribution >= 4 is 59.6 Å². The molecule has 2 aromatic rings. The van der Waals surface area contributed by atoms with E-state index in [9.17, 15) is 9.59 Å². The van der Waals surface area contributed by atoms with E-state index in [-0.39, 0.29) is 19.1 Å². The zero-order valence-corrected chi connectivity index (χ0v) is 20.0. The van der Waals surface area contributed by atoms with Gasteiger partial charge in [-0.05, 0) is 63.8 Å². The van der Waals surface area contributed by atoms with Crippen LogP contribution in [-0.2, 0) is 9.59 Å². The van der Waals surface area contributed by atoms with Gasteiger partial charge in [-0.2, -0.15) is 0 Å². The van der Waals surface area contributed by atoms with Gasteiger partial charge in [0.25, 0.3) is 11.8 Å². The van der Waals surface area contributed by atoms with Crippen LogP contribution in [0.5, 0.6) is 11.5 Å². The Morgan fingerprint density at radius 2 is 1.36 bits per heavy atom. The van der Waals surface area contributed by atoms with E-state index in [1.54, 1.807) is 24.3 Å². The van der Waals surface area contributed by atoms with E-state index in [4.69, 9.17) is 9.47 Å². The first-order valence-corrected chi connectivity index (χ1v) is 10.7. The number of halogens is 3. The molecule has 150 valence electrons. The summed E-state index contributed by atoms with van der Waals surface area (Å²) in [6.45, 7) is 3.61.